The van der Waals surface area contributed by atoms with E-state index in [-0.39, 0.29) is 12.1 Å². The molecule has 5 aliphatic rings. The van der Waals surface area contributed by atoms with Gasteiger partial charge in [-0.2, -0.15) is 0 Å². The Balaban J connectivity index is 1.30. The Bertz CT molecular complexity index is 632. The summed E-state index contributed by atoms with van der Waals surface area (Å²) in [4.78, 5) is 14.9. The van der Waals surface area contributed by atoms with Crippen LogP contribution in [0.1, 0.15) is 51.0 Å². The summed E-state index contributed by atoms with van der Waals surface area (Å²) in [6.07, 6.45) is 9.42. The molecule has 4 bridgehead atoms. The quantitative estimate of drug-likeness (QED) is 0.861. The van der Waals surface area contributed by atoms with Crippen LogP contribution in [0, 0.1) is 23.2 Å². The average Bonchev–Trinajstić information content (AvgIpc) is 2.87. The van der Waals surface area contributed by atoms with Crippen molar-refractivity contribution in [2.24, 2.45) is 23.2 Å². The molecule has 1 atom stereocenters. The number of carbonyl (C=O) groups excluding carboxylic acids is 1. The summed E-state index contributed by atoms with van der Waals surface area (Å²) in [6.45, 7) is 3.05. The molecule has 1 N–H and O–H groups in total. The van der Waals surface area contributed by atoms with Crippen LogP contribution in [0.3, 0.4) is 0 Å². The fourth-order valence-corrected chi connectivity index (χ4v) is 6.73. The molecule has 3 nitrogen and oxygen atoms in total. The summed E-state index contributed by atoms with van der Waals surface area (Å²) in [7, 11) is 0. The van der Waals surface area contributed by atoms with Crippen molar-refractivity contribution in [2.75, 3.05) is 11.4 Å². The van der Waals surface area contributed by atoms with Crippen LogP contribution in [-0.4, -0.2) is 18.6 Å². The van der Waals surface area contributed by atoms with Gasteiger partial charge in [-0.3, -0.25) is 4.90 Å². The second-order valence-corrected chi connectivity index (χ2v) is 9.13. The first-order valence-corrected chi connectivity index (χ1v) is 9.77. The normalized spacial score (nSPS) is 39.1. The predicted molar refractivity (Wildman–Crippen MR) is 96.1 cm³/mol. The summed E-state index contributed by atoms with van der Waals surface area (Å²) in [5.74, 6) is 2.83. The molecule has 0 spiro atoms. The SMILES string of the molecule is C[C@H]1Cc2ccccc2N1C(=O)NCC12CC3CC(CC(C3)C1)C2. The fraction of sp³-hybridized carbons (Fsp3) is 0.667. The fourth-order valence-electron chi connectivity index (χ4n) is 6.73. The van der Waals surface area contributed by atoms with E-state index in [4.69, 9.17) is 0 Å². The Morgan fingerprint density at radius 3 is 2.42 bits per heavy atom. The molecule has 24 heavy (non-hydrogen) atoms. The number of para-hydroxylation sites is 1. The standard InChI is InChI=1S/C21H28N2O/c1-14-6-18-4-2-3-5-19(18)23(14)20(24)22-13-21-10-15-7-16(11-21)9-17(8-15)12-21/h2-5,14-17H,6-13H2,1H3,(H,22,24)/t14-,15?,16?,17?,21?/m0/s1. The van der Waals surface area contributed by atoms with Gasteiger partial charge in [0.15, 0.2) is 0 Å². The topological polar surface area (TPSA) is 32.3 Å². The van der Waals surface area contributed by atoms with E-state index in [0.29, 0.717) is 5.41 Å². The van der Waals surface area contributed by atoms with Crippen LogP contribution >= 0.6 is 0 Å². The maximum atomic E-state index is 12.9. The van der Waals surface area contributed by atoms with Crippen molar-refractivity contribution in [3.63, 3.8) is 0 Å². The lowest BCUT2D eigenvalue weighted by Crippen LogP contribution is -2.53. The average molecular weight is 324 g/mol. The van der Waals surface area contributed by atoms with Crippen molar-refractivity contribution >= 4 is 11.7 Å². The van der Waals surface area contributed by atoms with Gasteiger partial charge in [0, 0.05) is 18.3 Å². The van der Waals surface area contributed by atoms with Gasteiger partial charge in [-0.15, -0.1) is 0 Å². The van der Waals surface area contributed by atoms with Gasteiger partial charge >= 0.3 is 6.03 Å². The lowest BCUT2D eigenvalue weighted by molar-refractivity contribution is -0.0497. The number of fused-ring (bicyclic) bond motifs is 1. The molecule has 1 aromatic carbocycles. The molecule has 1 aromatic rings. The lowest BCUT2D eigenvalue weighted by atomic mass is 9.49. The number of anilines is 1. The van der Waals surface area contributed by atoms with E-state index in [9.17, 15) is 4.79 Å². The number of rotatable bonds is 2. The minimum Gasteiger partial charge on any atom is -0.337 e. The highest BCUT2D eigenvalue weighted by atomic mass is 16.2. The van der Waals surface area contributed by atoms with Gasteiger partial charge in [0.1, 0.15) is 0 Å². The molecule has 1 aliphatic heterocycles. The molecule has 6 rings (SSSR count). The molecule has 0 unspecified atom stereocenters. The summed E-state index contributed by atoms with van der Waals surface area (Å²) in [5.41, 5.74) is 2.82. The second kappa shape index (κ2) is 5.24. The third-order valence-corrected chi connectivity index (χ3v) is 7.21. The lowest BCUT2D eigenvalue weighted by Gasteiger charge is -2.57. The van der Waals surface area contributed by atoms with Crippen molar-refractivity contribution in [2.45, 2.75) is 57.9 Å². The number of nitrogens with zero attached hydrogens (tertiary/aromatic N) is 1. The van der Waals surface area contributed by atoms with E-state index < -0.39 is 0 Å². The molecule has 2 amide bonds. The largest absolute Gasteiger partial charge is 0.337 e. The highest BCUT2D eigenvalue weighted by Crippen LogP contribution is 2.59. The molecular weight excluding hydrogens is 296 g/mol. The first kappa shape index (κ1) is 14.8. The number of benzene rings is 1. The highest BCUT2D eigenvalue weighted by Gasteiger charge is 2.51. The Morgan fingerprint density at radius 1 is 1.12 bits per heavy atom. The number of carbonyl (C=O) groups is 1. The van der Waals surface area contributed by atoms with Crippen LogP contribution in [0.15, 0.2) is 24.3 Å². The van der Waals surface area contributed by atoms with Crippen LogP contribution in [0.2, 0.25) is 0 Å². The van der Waals surface area contributed by atoms with Gasteiger partial charge in [-0.1, -0.05) is 18.2 Å². The van der Waals surface area contributed by atoms with E-state index in [1.165, 1.54) is 44.1 Å². The van der Waals surface area contributed by atoms with E-state index in [0.717, 1.165) is 36.4 Å². The minimum absolute atomic E-state index is 0.114. The van der Waals surface area contributed by atoms with Gasteiger partial charge in [0.2, 0.25) is 0 Å². The van der Waals surface area contributed by atoms with Crippen molar-refractivity contribution in [1.29, 1.82) is 0 Å². The molecule has 4 saturated carbocycles. The van der Waals surface area contributed by atoms with Gasteiger partial charge in [-0.25, -0.2) is 4.79 Å². The van der Waals surface area contributed by atoms with Crippen molar-refractivity contribution in [3.8, 4) is 0 Å². The third kappa shape index (κ3) is 2.28. The highest BCUT2D eigenvalue weighted by molar-refractivity contribution is 5.94. The molecule has 4 aliphatic carbocycles. The van der Waals surface area contributed by atoms with Gasteiger partial charge < -0.3 is 5.32 Å². The Morgan fingerprint density at radius 2 is 1.75 bits per heavy atom. The Kier molecular flexibility index (Phi) is 3.23. The smallest absolute Gasteiger partial charge is 0.322 e. The number of hydrogen-bond donors (Lipinski definition) is 1. The molecule has 3 heteroatoms. The zero-order valence-corrected chi connectivity index (χ0v) is 14.6. The first-order valence-electron chi connectivity index (χ1n) is 9.77. The summed E-state index contributed by atoms with van der Waals surface area (Å²) < 4.78 is 0. The number of urea groups is 1. The van der Waals surface area contributed by atoms with Crippen LogP contribution in [0.4, 0.5) is 10.5 Å². The van der Waals surface area contributed by atoms with Gasteiger partial charge in [0.25, 0.3) is 0 Å². The van der Waals surface area contributed by atoms with E-state index in [1.807, 2.05) is 11.0 Å². The zero-order valence-electron chi connectivity index (χ0n) is 14.6. The molecule has 0 saturated heterocycles. The molecule has 4 fully saturated rings. The Hall–Kier alpha value is -1.51. The van der Waals surface area contributed by atoms with Gasteiger partial charge in [-0.05, 0) is 86.7 Å². The monoisotopic (exact) mass is 324 g/mol. The van der Waals surface area contributed by atoms with Crippen molar-refractivity contribution < 1.29 is 4.79 Å². The van der Waals surface area contributed by atoms with Crippen LogP contribution < -0.4 is 10.2 Å². The molecule has 128 valence electrons. The number of nitrogens with one attached hydrogen (secondary N) is 1. The van der Waals surface area contributed by atoms with Crippen molar-refractivity contribution in [3.05, 3.63) is 29.8 Å². The summed E-state index contributed by atoms with van der Waals surface area (Å²) in [6, 6.07) is 8.72. The van der Waals surface area contributed by atoms with E-state index >= 15 is 0 Å². The maximum absolute atomic E-state index is 12.9. The van der Waals surface area contributed by atoms with Crippen LogP contribution in [0.25, 0.3) is 0 Å². The summed E-state index contributed by atoms with van der Waals surface area (Å²) >= 11 is 0. The molecule has 0 aromatic heterocycles. The maximum Gasteiger partial charge on any atom is 0.322 e. The third-order valence-electron chi connectivity index (χ3n) is 7.21. The van der Waals surface area contributed by atoms with Crippen molar-refractivity contribution in [1.82, 2.24) is 5.32 Å². The molecule has 0 radical (unpaired) electrons. The van der Waals surface area contributed by atoms with Crippen LogP contribution in [-0.2, 0) is 6.42 Å². The van der Waals surface area contributed by atoms with E-state index in [1.54, 1.807) is 0 Å². The zero-order chi connectivity index (χ0) is 16.3. The van der Waals surface area contributed by atoms with E-state index in [2.05, 4.69) is 30.4 Å². The number of amides is 2. The first-order chi connectivity index (χ1) is 11.6. The van der Waals surface area contributed by atoms with Crippen LogP contribution in [0.5, 0.6) is 0 Å². The van der Waals surface area contributed by atoms with Gasteiger partial charge in [0.05, 0.1) is 0 Å². The minimum atomic E-state index is 0.114. The molecular formula is C21H28N2O. The summed E-state index contributed by atoms with van der Waals surface area (Å²) in [5, 5.41) is 3.34. The Labute approximate surface area is 144 Å². The second-order valence-electron chi connectivity index (χ2n) is 9.13. The predicted octanol–water partition coefficient (Wildman–Crippen LogP) is 4.36. The molecule has 1 heterocycles. The number of hydrogen-bond acceptors (Lipinski definition) is 1.